The minimum absolute atomic E-state index is 0.124. The summed E-state index contributed by atoms with van der Waals surface area (Å²) in [6.45, 7) is 2.17. The quantitative estimate of drug-likeness (QED) is 0.224. The molecular formula is C30H30ClFN8O2. The SMILES string of the molecule is CC(=O)Nc1ccc(Cl)cc1N1CCC(n2c(=N)n(C(Cc3ccccc3)c3cn[nH]n3)c3ccc(F)cc32)C(O)C1. The number of amides is 1. The Bertz CT molecular complexity index is 1790. The van der Waals surface area contributed by atoms with E-state index < -0.39 is 24.0 Å². The van der Waals surface area contributed by atoms with Gasteiger partial charge in [0.15, 0.2) is 0 Å². The topological polar surface area (TPSA) is 128 Å². The fraction of sp³-hybridized carbons (Fsp3) is 0.267. The van der Waals surface area contributed by atoms with E-state index in [1.54, 1.807) is 35.0 Å². The van der Waals surface area contributed by atoms with Gasteiger partial charge in [-0.1, -0.05) is 41.9 Å². The molecule has 12 heteroatoms. The summed E-state index contributed by atoms with van der Waals surface area (Å²) < 4.78 is 18.2. The molecule has 0 spiro atoms. The molecule has 3 unspecified atom stereocenters. The molecule has 0 bridgehead atoms. The van der Waals surface area contributed by atoms with E-state index in [0.717, 1.165) is 5.56 Å². The molecule has 3 atom stereocenters. The van der Waals surface area contributed by atoms with Crippen molar-refractivity contribution in [2.24, 2.45) is 0 Å². The largest absolute Gasteiger partial charge is 0.389 e. The first-order chi connectivity index (χ1) is 20.3. The molecular weight excluding hydrogens is 559 g/mol. The van der Waals surface area contributed by atoms with Gasteiger partial charge < -0.3 is 24.5 Å². The van der Waals surface area contributed by atoms with Crippen molar-refractivity contribution < 1.29 is 14.3 Å². The highest BCUT2D eigenvalue weighted by molar-refractivity contribution is 6.31. The maximum atomic E-state index is 14.7. The summed E-state index contributed by atoms with van der Waals surface area (Å²) in [6, 6.07) is 18.7. The number of hydrogen-bond donors (Lipinski definition) is 4. The molecule has 5 aromatic rings. The normalized spacial score (nSPS) is 17.9. The molecule has 1 fully saturated rings. The Morgan fingerprint density at radius 1 is 1.19 bits per heavy atom. The molecule has 1 amide bonds. The molecule has 0 radical (unpaired) electrons. The Labute approximate surface area is 245 Å². The summed E-state index contributed by atoms with van der Waals surface area (Å²) in [4.78, 5) is 13.8. The monoisotopic (exact) mass is 588 g/mol. The number of rotatable bonds is 7. The molecule has 0 aliphatic carbocycles. The molecule has 6 rings (SSSR count). The molecule has 42 heavy (non-hydrogen) atoms. The minimum Gasteiger partial charge on any atom is -0.389 e. The second-order valence-corrected chi connectivity index (χ2v) is 10.9. The number of imidazole rings is 1. The van der Waals surface area contributed by atoms with Gasteiger partial charge in [0.05, 0.1) is 46.8 Å². The summed E-state index contributed by atoms with van der Waals surface area (Å²) in [5, 5.41) is 35.3. The van der Waals surface area contributed by atoms with Gasteiger partial charge in [-0.3, -0.25) is 10.2 Å². The molecule has 1 saturated heterocycles. The van der Waals surface area contributed by atoms with Crippen LogP contribution in [0.5, 0.6) is 0 Å². The number of H-pyrrole nitrogens is 1. The van der Waals surface area contributed by atoms with Gasteiger partial charge in [-0.25, -0.2) is 4.39 Å². The van der Waals surface area contributed by atoms with Gasteiger partial charge in [-0.2, -0.15) is 15.4 Å². The number of piperidine rings is 1. The van der Waals surface area contributed by atoms with Gasteiger partial charge in [0, 0.05) is 25.0 Å². The van der Waals surface area contributed by atoms with Crippen molar-refractivity contribution in [2.75, 3.05) is 23.3 Å². The van der Waals surface area contributed by atoms with E-state index in [0.29, 0.717) is 52.5 Å². The number of aliphatic hydroxyl groups is 1. The van der Waals surface area contributed by atoms with Crippen LogP contribution in [0.1, 0.15) is 36.7 Å². The fourth-order valence-corrected chi connectivity index (χ4v) is 6.09. The second kappa shape index (κ2) is 11.4. The van der Waals surface area contributed by atoms with E-state index >= 15 is 0 Å². The first kappa shape index (κ1) is 27.7. The zero-order valence-electron chi connectivity index (χ0n) is 22.8. The smallest absolute Gasteiger partial charge is 0.221 e. The minimum atomic E-state index is -0.904. The Balaban J connectivity index is 1.40. The Morgan fingerprint density at radius 2 is 2.00 bits per heavy atom. The van der Waals surface area contributed by atoms with Crippen LogP contribution in [0, 0.1) is 11.2 Å². The van der Waals surface area contributed by atoms with Crippen LogP contribution in [-0.4, -0.2) is 54.8 Å². The van der Waals surface area contributed by atoms with E-state index in [1.165, 1.54) is 19.1 Å². The van der Waals surface area contributed by atoms with Crippen molar-refractivity contribution >= 4 is 39.9 Å². The lowest BCUT2D eigenvalue weighted by molar-refractivity contribution is -0.114. The predicted octanol–water partition coefficient (Wildman–Crippen LogP) is 4.44. The number of carbonyl (C=O) groups excluding carboxylic acids is 1. The summed E-state index contributed by atoms with van der Waals surface area (Å²) >= 11 is 6.29. The summed E-state index contributed by atoms with van der Waals surface area (Å²) in [6.07, 6.45) is 1.73. The predicted molar refractivity (Wildman–Crippen MR) is 158 cm³/mol. The van der Waals surface area contributed by atoms with Crippen LogP contribution in [0.2, 0.25) is 5.02 Å². The third kappa shape index (κ3) is 5.28. The van der Waals surface area contributed by atoms with Crippen molar-refractivity contribution in [3.63, 3.8) is 0 Å². The highest BCUT2D eigenvalue weighted by atomic mass is 35.5. The first-order valence-electron chi connectivity index (χ1n) is 13.7. The van der Waals surface area contributed by atoms with E-state index in [1.807, 2.05) is 39.8 Å². The average molecular weight is 589 g/mol. The van der Waals surface area contributed by atoms with E-state index in [4.69, 9.17) is 11.6 Å². The fourth-order valence-electron chi connectivity index (χ4n) is 5.93. The van der Waals surface area contributed by atoms with Crippen LogP contribution >= 0.6 is 11.6 Å². The lowest BCUT2D eigenvalue weighted by Crippen LogP contribution is -2.47. The maximum absolute atomic E-state index is 14.7. The molecule has 4 N–H and O–H groups in total. The molecule has 1 aliphatic rings. The van der Waals surface area contributed by atoms with Gasteiger partial charge in [-0.15, -0.1) is 0 Å². The third-order valence-electron chi connectivity index (χ3n) is 7.76. The number of hydrogen-bond acceptors (Lipinski definition) is 6. The zero-order valence-corrected chi connectivity index (χ0v) is 23.6. The molecule has 216 valence electrons. The average Bonchev–Trinajstić information content (AvgIpc) is 3.59. The number of halogens is 2. The van der Waals surface area contributed by atoms with Crippen molar-refractivity contribution in [1.82, 2.24) is 24.5 Å². The van der Waals surface area contributed by atoms with Crippen LogP contribution in [0.4, 0.5) is 15.8 Å². The number of nitrogens with one attached hydrogen (secondary N) is 3. The van der Waals surface area contributed by atoms with Gasteiger partial charge in [0.1, 0.15) is 11.5 Å². The first-order valence-corrected chi connectivity index (χ1v) is 14.0. The van der Waals surface area contributed by atoms with Gasteiger partial charge in [0.25, 0.3) is 0 Å². The summed E-state index contributed by atoms with van der Waals surface area (Å²) in [5.41, 5.74) is 4.28. The number of carbonyl (C=O) groups is 1. The number of aliphatic hydroxyl groups excluding tert-OH is 1. The zero-order chi connectivity index (χ0) is 29.4. The number of β-amino-alcohol motifs (C(OH)–C–C–N with tert-alkyl or cyclic N) is 1. The molecule has 0 saturated carbocycles. The number of benzene rings is 3. The standard InChI is InChI=1S/C30H30ClFN8O2/c1-18(41)35-22-9-7-20(31)14-26(22)38-12-11-25(29(42)17-38)40-28-15-21(32)8-10-24(28)39(30(40)33)27(23-16-34-37-36-23)13-19-5-3-2-4-6-19/h2-10,14-16,25,27,29,33,42H,11-13,17H2,1H3,(H,35,41)(H,34,36,37). The van der Waals surface area contributed by atoms with Gasteiger partial charge in [0.2, 0.25) is 11.5 Å². The lowest BCUT2D eigenvalue weighted by atomic mass is 10.00. The van der Waals surface area contributed by atoms with Crippen molar-refractivity contribution in [2.45, 2.75) is 38.0 Å². The van der Waals surface area contributed by atoms with E-state index in [9.17, 15) is 19.7 Å². The highest BCUT2D eigenvalue weighted by Gasteiger charge is 2.34. The third-order valence-corrected chi connectivity index (χ3v) is 8.00. The molecule has 3 aromatic carbocycles. The number of nitrogens with zero attached hydrogens (tertiary/aromatic N) is 5. The lowest BCUT2D eigenvalue weighted by Gasteiger charge is -2.38. The van der Waals surface area contributed by atoms with Crippen molar-refractivity contribution in [3.8, 4) is 0 Å². The maximum Gasteiger partial charge on any atom is 0.221 e. The van der Waals surface area contributed by atoms with E-state index in [-0.39, 0.29) is 18.1 Å². The second-order valence-electron chi connectivity index (χ2n) is 10.5. The van der Waals surface area contributed by atoms with Gasteiger partial charge >= 0.3 is 0 Å². The van der Waals surface area contributed by atoms with Crippen LogP contribution < -0.4 is 15.8 Å². The van der Waals surface area contributed by atoms with Gasteiger partial charge in [-0.05, 0) is 54.8 Å². The van der Waals surface area contributed by atoms with Crippen LogP contribution in [0.15, 0.2) is 72.9 Å². The van der Waals surface area contributed by atoms with Crippen LogP contribution in [-0.2, 0) is 11.2 Å². The summed E-state index contributed by atoms with van der Waals surface area (Å²) in [5.74, 6) is -0.643. The number of aromatic nitrogens is 5. The molecule has 10 nitrogen and oxygen atoms in total. The van der Waals surface area contributed by atoms with Crippen molar-refractivity contribution in [1.29, 1.82) is 5.41 Å². The number of fused-ring (bicyclic) bond motifs is 1. The molecule has 1 aliphatic heterocycles. The van der Waals surface area contributed by atoms with E-state index in [2.05, 4.69) is 20.7 Å². The Hall–Kier alpha value is -4.48. The Morgan fingerprint density at radius 3 is 2.71 bits per heavy atom. The van der Waals surface area contributed by atoms with Crippen molar-refractivity contribution in [3.05, 3.63) is 101 Å². The highest BCUT2D eigenvalue weighted by Crippen LogP contribution is 2.35. The summed E-state index contributed by atoms with van der Waals surface area (Å²) in [7, 11) is 0. The molecule has 2 aromatic heterocycles. The van der Waals surface area contributed by atoms with Crippen LogP contribution in [0.3, 0.4) is 0 Å². The van der Waals surface area contributed by atoms with Crippen LogP contribution in [0.25, 0.3) is 11.0 Å². The number of anilines is 2. The number of aromatic amines is 1. The molecule has 3 heterocycles. The Kier molecular flexibility index (Phi) is 7.53.